The van der Waals surface area contributed by atoms with E-state index in [1.807, 2.05) is 6.07 Å². The largest absolute Gasteiger partial charge is 0.423 e. The Bertz CT molecular complexity index is 1040. The molecular weight excluding hydrogens is 383 g/mol. The van der Waals surface area contributed by atoms with Gasteiger partial charge in [-0.3, -0.25) is 0 Å². The van der Waals surface area contributed by atoms with E-state index in [-0.39, 0.29) is 12.2 Å². The quantitative estimate of drug-likeness (QED) is 0.729. The summed E-state index contributed by atoms with van der Waals surface area (Å²) in [5.41, 5.74) is -2.30. The lowest BCUT2D eigenvalue weighted by Gasteiger charge is -2.26. The van der Waals surface area contributed by atoms with E-state index >= 15 is 0 Å². The average Bonchev–Trinajstić information content (AvgIpc) is 3.08. The molecule has 10 heteroatoms. The van der Waals surface area contributed by atoms with Gasteiger partial charge in [-0.25, -0.2) is 9.67 Å². The number of nitriles is 1. The van der Waals surface area contributed by atoms with E-state index in [1.165, 1.54) is 17.7 Å². The van der Waals surface area contributed by atoms with Crippen LogP contribution in [-0.2, 0) is 12.1 Å². The molecule has 3 rings (SSSR count). The highest BCUT2D eigenvalue weighted by atomic mass is 35.5. The number of fused-ring (bicyclic) bond motifs is 1. The second-order valence-corrected chi connectivity index (χ2v) is 6.37. The third-order valence-electron chi connectivity index (χ3n) is 4.23. The van der Waals surface area contributed by atoms with Gasteiger partial charge in [-0.05, 0) is 24.1 Å². The van der Waals surface area contributed by atoms with Gasteiger partial charge in [0, 0.05) is 5.39 Å². The Hall–Kier alpha value is -2.70. The van der Waals surface area contributed by atoms with Gasteiger partial charge in [0.2, 0.25) is 5.60 Å². The number of benzene rings is 1. The first-order valence-corrected chi connectivity index (χ1v) is 8.24. The Kier molecular flexibility index (Phi) is 4.80. The second-order valence-electron chi connectivity index (χ2n) is 5.97. The summed E-state index contributed by atoms with van der Waals surface area (Å²) in [5, 5.41) is 27.1. The van der Waals surface area contributed by atoms with Crippen LogP contribution in [-0.4, -0.2) is 31.3 Å². The van der Waals surface area contributed by atoms with Crippen LogP contribution in [0.4, 0.5) is 13.2 Å². The van der Waals surface area contributed by atoms with Gasteiger partial charge < -0.3 is 5.11 Å². The van der Waals surface area contributed by atoms with Gasteiger partial charge >= 0.3 is 6.18 Å². The third-order valence-corrected chi connectivity index (χ3v) is 4.54. The molecule has 0 amide bonds. The molecule has 0 aliphatic carbocycles. The Morgan fingerprint density at radius 2 is 2.04 bits per heavy atom. The van der Waals surface area contributed by atoms with Crippen molar-refractivity contribution in [3.63, 3.8) is 0 Å². The van der Waals surface area contributed by atoms with E-state index in [2.05, 4.69) is 15.3 Å². The summed E-state index contributed by atoms with van der Waals surface area (Å²) in [6.45, 7) is 1.33. The number of hydrogen-bond donors (Lipinski definition) is 1. The topological polar surface area (TPSA) is 87.6 Å². The molecule has 2 aromatic heterocycles. The SMILES string of the molecule is CC[C@](O)(c1cn(Cc2ccc3c(Cl)cc(C#N)nc3c2)nn1)C(F)(F)F. The maximum absolute atomic E-state index is 13.1. The smallest absolute Gasteiger partial charge is 0.375 e. The number of alkyl halides is 3. The van der Waals surface area contributed by atoms with Crippen molar-refractivity contribution in [2.75, 3.05) is 0 Å². The standard InChI is InChI=1S/C17H13ClF3N5O/c1-2-16(27,17(19,20)21)15-9-26(25-24-15)8-10-3-4-12-13(18)6-11(7-22)23-14(12)5-10/h3-6,9,27H,2,8H2,1H3/t16-/m0/s1. The molecular formula is C17H13ClF3N5O. The first kappa shape index (κ1) is 19.1. The first-order valence-electron chi connectivity index (χ1n) is 7.87. The van der Waals surface area contributed by atoms with Crippen LogP contribution in [0.3, 0.4) is 0 Å². The van der Waals surface area contributed by atoms with Gasteiger partial charge in [0.25, 0.3) is 0 Å². The van der Waals surface area contributed by atoms with Crippen molar-refractivity contribution < 1.29 is 18.3 Å². The van der Waals surface area contributed by atoms with Crippen molar-refractivity contribution in [3.8, 4) is 6.07 Å². The van der Waals surface area contributed by atoms with E-state index in [0.717, 1.165) is 6.20 Å². The Morgan fingerprint density at radius 1 is 1.30 bits per heavy atom. The van der Waals surface area contributed by atoms with Gasteiger partial charge in [0.1, 0.15) is 17.5 Å². The maximum Gasteiger partial charge on any atom is 0.423 e. The third kappa shape index (κ3) is 3.46. The highest BCUT2D eigenvalue weighted by Gasteiger charge is 2.55. The van der Waals surface area contributed by atoms with Crippen molar-refractivity contribution >= 4 is 22.5 Å². The predicted molar refractivity (Wildman–Crippen MR) is 90.8 cm³/mol. The number of rotatable bonds is 4. The Balaban J connectivity index is 1.93. The fourth-order valence-corrected chi connectivity index (χ4v) is 2.93. The molecule has 0 aliphatic heterocycles. The minimum absolute atomic E-state index is 0.108. The molecule has 2 heterocycles. The van der Waals surface area contributed by atoms with Crippen molar-refractivity contribution in [2.45, 2.75) is 31.7 Å². The minimum Gasteiger partial charge on any atom is -0.375 e. The molecule has 0 bridgehead atoms. The number of hydrogen-bond acceptors (Lipinski definition) is 5. The molecule has 0 aliphatic rings. The molecule has 27 heavy (non-hydrogen) atoms. The van der Waals surface area contributed by atoms with Crippen LogP contribution in [0, 0.1) is 11.3 Å². The van der Waals surface area contributed by atoms with Crippen LogP contribution < -0.4 is 0 Å². The van der Waals surface area contributed by atoms with Gasteiger partial charge in [-0.1, -0.05) is 35.9 Å². The highest BCUT2D eigenvalue weighted by molar-refractivity contribution is 6.35. The fourth-order valence-electron chi connectivity index (χ4n) is 2.67. The summed E-state index contributed by atoms with van der Waals surface area (Å²) in [5.74, 6) is 0. The Labute approximate surface area is 156 Å². The first-order chi connectivity index (χ1) is 12.7. The normalized spacial score (nSPS) is 14.1. The van der Waals surface area contributed by atoms with Crippen LogP contribution in [0.25, 0.3) is 10.9 Å². The summed E-state index contributed by atoms with van der Waals surface area (Å²) in [7, 11) is 0. The molecule has 6 nitrogen and oxygen atoms in total. The van der Waals surface area contributed by atoms with Crippen LogP contribution in [0.5, 0.6) is 0 Å². The number of aromatic nitrogens is 4. The molecule has 0 spiro atoms. The molecule has 0 unspecified atom stereocenters. The lowest BCUT2D eigenvalue weighted by atomic mass is 9.96. The molecule has 0 saturated heterocycles. The van der Waals surface area contributed by atoms with E-state index in [0.29, 0.717) is 21.5 Å². The molecule has 0 radical (unpaired) electrons. The lowest BCUT2D eigenvalue weighted by Crippen LogP contribution is -2.42. The summed E-state index contributed by atoms with van der Waals surface area (Å²) in [6.07, 6.45) is -4.38. The van der Waals surface area contributed by atoms with Crippen LogP contribution in [0.15, 0.2) is 30.5 Å². The number of halogens is 4. The summed E-state index contributed by atoms with van der Waals surface area (Å²) in [6, 6.07) is 8.46. The average molecular weight is 396 g/mol. The lowest BCUT2D eigenvalue weighted by molar-refractivity contribution is -0.269. The van der Waals surface area contributed by atoms with Crippen molar-refractivity contribution in [2.24, 2.45) is 0 Å². The molecule has 1 N–H and O–H groups in total. The molecule has 1 atom stereocenters. The maximum atomic E-state index is 13.1. The van der Waals surface area contributed by atoms with Gasteiger partial charge in [0.15, 0.2) is 0 Å². The van der Waals surface area contributed by atoms with E-state index in [9.17, 15) is 18.3 Å². The highest BCUT2D eigenvalue weighted by Crippen LogP contribution is 2.40. The predicted octanol–water partition coefficient (Wildman–Crippen LogP) is 3.56. The fraction of sp³-hybridized carbons (Fsp3) is 0.294. The van der Waals surface area contributed by atoms with Crippen LogP contribution >= 0.6 is 11.6 Å². The van der Waals surface area contributed by atoms with Crippen molar-refractivity contribution in [1.82, 2.24) is 20.0 Å². The van der Waals surface area contributed by atoms with Crippen molar-refractivity contribution in [1.29, 1.82) is 5.26 Å². The monoisotopic (exact) mass is 395 g/mol. The zero-order chi connectivity index (χ0) is 19.8. The molecule has 0 saturated carbocycles. The Morgan fingerprint density at radius 3 is 2.67 bits per heavy atom. The molecule has 1 aromatic carbocycles. The summed E-state index contributed by atoms with van der Waals surface area (Å²) >= 11 is 6.11. The van der Waals surface area contributed by atoms with E-state index in [4.69, 9.17) is 16.9 Å². The summed E-state index contributed by atoms with van der Waals surface area (Å²) < 4.78 is 40.6. The van der Waals surface area contributed by atoms with Crippen molar-refractivity contribution in [3.05, 3.63) is 52.4 Å². The van der Waals surface area contributed by atoms with Crippen LogP contribution in [0.2, 0.25) is 5.02 Å². The van der Waals surface area contributed by atoms with Crippen LogP contribution in [0.1, 0.15) is 30.3 Å². The second kappa shape index (κ2) is 6.79. The zero-order valence-corrected chi connectivity index (χ0v) is 14.8. The number of pyridine rings is 1. The number of aliphatic hydroxyl groups is 1. The zero-order valence-electron chi connectivity index (χ0n) is 14.0. The minimum atomic E-state index is -4.86. The molecule has 3 aromatic rings. The van der Waals surface area contributed by atoms with Gasteiger partial charge in [-0.15, -0.1) is 5.10 Å². The summed E-state index contributed by atoms with van der Waals surface area (Å²) in [4.78, 5) is 4.17. The van der Waals surface area contributed by atoms with E-state index < -0.39 is 23.9 Å². The molecule has 0 fully saturated rings. The van der Waals surface area contributed by atoms with Gasteiger partial charge in [0.05, 0.1) is 23.3 Å². The number of nitrogens with zero attached hydrogens (tertiary/aromatic N) is 5. The molecule has 140 valence electrons. The van der Waals surface area contributed by atoms with E-state index in [1.54, 1.807) is 18.2 Å². The van der Waals surface area contributed by atoms with Gasteiger partial charge in [-0.2, -0.15) is 18.4 Å².